The number of aliphatic hydroxyl groups is 6. The third-order valence-corrected chi connectivity index (χ3v) is 16.1. The minimum Gasteiger partial charge on any atom is -0.406 e. The minimum atomic E-state index is -4.83. The molecule has 3 fully saturated rings. The van der Waals surface area contributed by atoms with Gasteiger partial charge < -0.3 is 78.4 Å². The predicted molar refractivity (Wildman–Crippen MR) is 267 cm³/mol. The van der Waals surface area contributed by atoms with Crippen LogP contribution in [0.1, 0.15) is 113 Å². The predicted octanol–water partition coefficient (Wildman–Crippen LogP) is 3.99. The first-order valence-corrected chi connectivity index (χ1v) is 26.3. The summed E-state index contributed by atoms with van der Waals surface area (Å²) in [4.78, 5) is 9.53. The van der Waals surface area contributed by atoms with E-state index in [9.17, 15) is 43.8 Å². The van der Waals surface area contributed by atoms with Gasteiger partial charge in [0.05, 0.1) is 59.7 Å². The van der Waals surface area contributed by atoms with Crippen LogP contribution < -0.4 is 4.74 Å². The molecule has 75 heavy (non-hydrogen) atoms. The lowest BCUT2D eigenvalue weighted by Crippen LogP contribution is -2.61. The van der Waals surface area contributed by atoms with Gasteiger partial charge in [0.1, 0.15) is 29.7 Å². The van der Waals surface area contributed by atoms with Crippen LogP contribution in [0.3, 0.4) is 0 Å². The van der Waals surface area contributed by atoms with Crippen molar-refractivity contribution >= 4 is 5.71 Å². The number of ether oxygens (including phenoxy) is 7. The SMILES string of the molecule is CC[C@H]1OC(O)[C@H](C)C(O[C@H]2C[C@@](C)(OC)[C@@H](O)[C@H](C)O2)[C@H](C)[C@@H](O[C@@H]2O[C@H](C)C[C@H](N(C)CCc3cn(C[C@H]4CC(c5cccc(OC(F)(F)F)c5)=NO4)nn3)[C@H]2O)[C@](C)(O)C[C@@H](C)CN(C)[C@H](C)[C@@H](O)[C@]1(C)O. The summed E-state index contributed by atoms with van der Waals surface area (Å²) < 4.78 is 82.7. The number of methoxy groups -OCH3 is 1. The van der Waals surface area contributed by atoms with Gasteiger partial charge in [0.15, 0.2) is 25.0 Å². The van der Waals surface area contributed by atoms with E-state index in [-0.39, 0.29) is 37.5 Å². The maximum Gasteiger partial charge on any atom is 0.573 e. The number of likely N-dealkylation sites (N-methyl/N-ethyl adjacent to an activating group) is 2. The molecule has 2 unspecified atom stereocenters. The Morgan fingerprint density at radius 1 is 0.933 bits per heavy atom. The van der Waals surface area contributed by atoms with Gasteiger partial charge in [-0.05, 0) is 93.0 Å². The monoisotopic (exact) mass is 1070 g/mol. The smallest absolute Gasteiger partial charge is 0.406 e. The van der Waals surface area contributed by atoms with Crippen LogP contribution in [0.15, 0.2) is 35.6 Å². The zero-order valence-electron chi connectivity index (χ0n) is 45.8. The number of hydrogen-bond acceptors (Lipinski definition) is 19. The summed E-state index contributed by atoms with van der Waals surface area (Å²) >= 11 is 0. The van der Waals surface area contributed by atoms with E-state index < -0.39 is 121 Å². The second kappa shape index (κ2) is 24.9. The molecule has 1 aromatic carbocycles. The molecule has 20 nitrogen and oxygen atoms in total. The molecule has 5 heterocycles. The van der Waals surface area contributed by atoms with Crippen molar-refractivity contribution in [3.05, 3.63) is 41.7 Å². The topological polar surface area (TPSA) is 245 Å². The maximum atomic E-state index is 12.9. The Balaban J connectivity index is 1.21. The lowest BCUT2D eigenvalue weighted by molar-refractivity contribution is -0.326. The number of aromatic nitrogens is 3. The third kappa shape index (κ3) is 15.0. The molecule has 0 saturated carbocycles. The van der Waals surface area contributed by atoms with Crippen LogP contribution in [-0.2, 0) is 46.2 Å². The Morgan fingerprint density at radius 3 is 2.31 bits per heavy atom. The number of oxime groups is 1. The highest BCUT2D eigenvalue weighted by molar-refractivity contribution is 6.01. The quantitative estimate of drug-likeness (QED) is 0.157. The summed E-state index contributed by atoms with van der Waals surface area (Å²) in [7, 11) is 5.22. The van der Waals surface area contributed by atoms with Gasteiger partial charge in [-0.1, -0.05) is 50.2 Å². The first-order chi connectivity index (χ1) is 35.0. The van der Waals surface area contributed by atoms with Crippen molar-refractivity contribution in [3.8, 4) is 5.75 Å². The molecule has 0 aliphatic carbocycles. The number of halogens is 3. The fourth-order valence-electron chi connectivity index (χ4n) is 11.6. The zero-order chi connectivity index (χ0) is 55.5. The molecule has 23 heteroatoms. The molecule has 3 saturated heterocycles. The van der Waals surface area contributed by atoms with E-state index in [0.717, 1.165) is 0 Å². The number of alkyl halides is 3. The van der Waals surface area contributed by atoms with Crippen molar-refractivity contribution in [2.24, 2.45) is 22.9 Å². The average Bonchev–Trinajstić information content (AvgIpc) is 4.01. The van der Waals surface area contributed by atoms with E-state index in [1.165, 1.54) is 32.2 Å². The number of aliphatic hydroxyl groups excluding tert-OH is 4. The maximum absolute atomic E-state index is 12.9. The Labute approximate surface area is 439 Å². The highest BCUT2D eigenvalue weighted by Crippen LogP contribution is 2.41. The molecule has 20 atom stereocenters. The Morgan fingerprint density at radius 2 is 1.64 bits per heavy atom. The van der Waals surface area contributed by atoms with Crippen molar-refractivity contribution in [1.82, 2.24) is 24.8 Å². The Hall–Kier alpha value is -3.14. The number of hydrogen-bond donors (Lipinski definition) is 6. The summed E-state index contributed by atoms with van der Waals surface area (Å²) in [5.74, 6) is -2.26. The van der Waals surface area contributed by atoms with Gasteiger partial charge in [-0.25, -0.2) is 4.68 Å². The summed E-state index contributed by atoms with van der Waals surface area (Å²) in [6, 6.07) is 4.51. The largest absolute Gasteiger partial charge is 0.573 e. The molecule has 0 amide bonds. The summed E-state index contributed by atoms with van der Waals surface area (Å²) in [5.41, 5.74) is -2.92. The molecule has 4 aliphatic rings. The van der Waals surface area contributed by atoms with Crippen LogP contribution in [0.5, 0.6) is 5.75 Å². The molecule has 0 radical (unpaired) electrons. The first kappa shape index (κ1) is 61.1. The van der Waals surface area contributed by atoms with E-state index in [1.807, 2.05) is 44.7 Å². The van der Waals surface area contributed by atoms with E-state index in [2.05, 4.69) is 20.2 Å². The number of rotatable bonds is 14. The second-order valence-corrected chi connectivity index (χ2v) is 22.6. The molecule has 428 valence electrons. The van der Waals surface area contributed by atoms with Crippen molar-refractivity contribution < 1.29 is 81.8 Å². The summed E-state index contributed by atoms with van der Waals surface area (Å²) in [5, 5.41) is 84.6. The van der Waals surface area contributed by atoms with E-state index >= 15 is 0 Å². The van der Waals surface area contributed by atoms with Gasteiger partial charge in [0.25, 0.3) is 0 Å². The minimum absolute atomic E-state index is 0.103. The van der Waals surface area contributed by atoms with Crippen molar-refractivity contribution in [2.75, 3.05) is 34.3 Å². The highest BCUT2D eigenvalue weighted by Gasteiger charge is 2.53. The van der Waals surface area contributed by atoms with Crippen LogP contribution in [0.4, 0.5) is 13.2 Å². The van der Waals surface area contributed by atoms with Crippen LogP contribution in [-0.4, -0.2) is 204 Å². The van der Waals surface area contributed by atoms with Gasteiger partial charge in [0, 0.05) is 75.1 Å². The van der Waals surface area contributed by atoms with Crippen LogP contribution in [0.2, 0.25) is 0 Å². The van der Waals surface area contributed by atoms with Gasteiger partial charge >= 0.3 is 6.36 Å². The van der Waals surface area contributed by atoms with Crippen LogP contribution in [0, 0.1) is 17.8 Å². The fourth-order valence-corrected chi connectivity index (χ4v) is 11.6. The van der Waals surface area contributed by atoms with Crippen LogP contribution in [0.25, 0.3) is 0 Å². The molecular formula is C52H85F3N6O14. The molecule has 6 N–H and O–H groups in total. The molecule has 6 rings (SSSR count). The Kier molecular flexibility index (Phi) is 20.3. The highest BCUT2D eigenvalue weighted by atomic mass is 19.4. The number of benzene rings is 1. The zero-order valence-corrected chi connectivity index (χ0v) is 45.8. The van der Waals surface area contributed by atoms with Gasteiger partial charge in [-0.15, -0.1) is 18.3 Å². The van der Waals surface area contributed by atoms with Gasteiger partial charge in [-0.3, -0.25) is 0 Å². The lowest BCUT2D eigenvalue weighted by Gasteiger charge is -2.49. The van der Waals surface area contributed by atoms with Crippen molar-refractivity contribution in [1.29, 1.82) is 0 Å². The van der Waals surface area contributed by atoms with E-state index in [1.54, 1.807) is 58.5 Å². The van der Waals surface area contributed by atoms with Crippen molar-refractivity contribution in [3.63, 3.8) is 0 Å². The third-order valence-electron chi connectivity index (χ3n) is 16.1. The summed E-state index contributed by atoms with van der Waals surface area (Å²) in [6.45, 7) is 18.8. The normalized spacial score (nSPS) is 41.2. The fraction of sp³-hybridized carbons (Fsp3) is 0.827. The summed E-state index contributed by atoms with van der Waals surface area (Å²) in [6.07, 6.45) is -13.3. The van der Waals surface area contributed by atoms with Crippen LogP contribution >= 0.6 is 0 Å². The molecule has 4 aliphatic heterocycles. The average molecular weight is 1080 g/mol. The molecule has 0 spiro atoms. The molecule has 0 bridgehead atoms. The number of nitrogens with zero attached hydrogens (tertiary/aromatic N) is 6. The lowest BCUT2D eigenvalue weighted by atomic mass is 9.77. The Bertz CT molecular complexity index is 2160. The molecule has 1 aromatic heterocycles. The van der Waals surface area contributed by atoms with Crippen molar-refractivity contribution in [2.45, 2.75) is 223 Å². The van der Waals surface area contributed by atoms with Gasteiger partial charge in [-0.2, -0.15) is 0 Å². The second-order valence-electron chi connectivity index (χ2n) is 22.6. The van der Waals surface area contributed by atoms with Gasteiger partial charge in [0.2, 0.25) is 0 Å². The van der Waals surface area contributed by atoms with E-state index in [4.69, 9.17) is 33.3 Å². The molecule has 2 aromatic rings. The molecular weight excluding hydrogens is 990 g/mol. The van der Waals surface area contributed by atoms with E-state index in [0.29, 0.717) is 49.3 Å². The standard InChI is InChI=1S/C52H85F3N6O14/c1-14-40-51(10,67)44(63)32(6)60(12)25-28(2)23-49(8,66)46(30(4)43(31(5)47(65)71-40)72-41-24-50(9,68-13)45(64)33(7)70-41)73-48-42(62)39(20-29(3)69-48)59(11)19-18-35-26-61(58-56-35)27-37-22-38(57-75-37)34-16-15-17-36(21-34)74-52(53,54)55/h15-17,21,26,28-33,37,39-48,62-67H,14,18-20,22-25,27H2,1-13H3/t28-,29-,30+,31-,32-,33+,37-,39+,40-,41+,42-,43?,44-,45+,46-,47?,48+,49-,50-,51-/m1/s1. The first-order valence-electron chi connectivity index (χ1n) is 26.3.